The molecule has 4 N–H and O–H groups in total. The van der Waals surface area contributed by atoms with Crippen LogP contribution < -0.4 is 21.1 Å². The fourth-order valence-corrected chi connectivity index (χ4v) is 2.83. The van der Waals surface area contributed by atoms with E-state index in [-0.39, 0.29) is 23.8 Å². The number of anilines is 2. The molecule has 120 valence electrons. The van der Waals surface area contributed by atoms with Gasteiger partial charge in [0.05, 0.1) is 12.8 Å². The Morgan fingerprint density at radius 3 is 2.68 bits per heavy atom. The van der Waals surface area contributed by atoms with Gasteiger partial charge in [0.25, 0.3) is 0 Å². The molecule has 0 aromatic heterocycles. The Morgan fingerprint density at radius 2 is 2.09 bits per heavy atom. The van der Waals surface area contributed by atoms with Gasteiger partial charge >= 0.3 is 0 Å². The SMILES string of the molecule is COc1cc(NC(=O)C[C@@H]2CCC[C@H]2N)ccc1NC(C)=O. The topological polar surface area (TPSA) is 93.4 Å². The molecule has 22 heavy (non-hydrogen) atoms. The van der Waals surface area contributed by atoms with Gasteiger partial charge in [0.15, 0.2) is 0 Å². The number of carbonyl (C=O) groups is 2. The molecule has 1 aromatic carbocycles. The molecule has 1 saturated carbocycles. The first-order valence-corrected chi connectivity index (χ1v) is 7.50. The van der Waals surface area contributed by atoms with Crippen LogP contribution in [-0.2, 0) is 9.59 Å². The molecule has 1 aliphatic rings. The number of methoxy groups -OCH3 is 1. The fourth-order valence-electron chi connectivity index (χ4n) is 2.83. The molecule has 0 unspecified atom stereocenters. The highest BCUT2D eigenvalue weighted by molar-refractivity contribution is 5.93. The molecule has 0 heterocycles. The van der Waals surface area contributed by atoms with E-state index in [0.29, 0.717) is 23.5 Å². The number of benzene rings is 1. The minimum absolute atomic E-state index is 0.0447. The van der Waals surface area contributed by atoms with Crippen LogP contribution in [0.15, 0.2) is 18.2 Å². The Kier molecular flexibility index (Phi) is 5.38. The summed E-state index contributed by atoms with van der Waals surface area (Å²) in [5.41, 5.74) is 7.21. The molecule has 0 saturated heterocycles. The highest BCUT2D eigenvalue weighted by atomic mass is 16.5. The molecule has 1 fully saturated rings. The summed E-state index contributed by atoms with van der Waals surface area (Å²) in [4.78, 5) is 23.2. The Labute approximate surface area is 130 Å². The number of hydrogen-bond acceptors (Lipinski definition) is 4. The quantitative estimate of drug-likeness (QED) is 0.776. The Hall–Kier alpha value is -2.08. The number of amides is 2. The molecule has 2 atom stereocenters. The molecule has 1 aliphatic carbocycles. The lowest BCUT2D eigenvalue weighted by Crippen LogP contribution is -2.28. The molecule has 1 aromatic rings. The van der Waals surface area contributed by atoms with Crippen molar-refractivity contribution < 1.29 is 14.3 Å². The zero-order valence-corrected chi connectivity index (χ0v) is 13.0. The van der Waals surface area contributed by atoms with Crippen LogP contribution in [0, 0.1) is 5.92 Å². The van der Waals surface area contributed by atoms with Gasteiger partial charge in [-0.15, -0.1) is 0 Å². The summed E-state index contributed by atoms with van der Waals surface area (Å²) >= 11 is 0. The molecule has 0 aliphatic heterocycles. The van der Waals surface area contributed by atoms with Gasteiger partial charge in [0.2, 0.25) is 11.8 Å². The van der Waals surface area contributed by atoms with Crippen LogP contribution in [0.2, 0.25) is 0 Å². The normalized spacial score (nSPS) is 20.5. The molecule has 2 amide bonds. The lowest BCUT2D eigenvalue weighted by molar-refractivity contribution is -0.117. The van der Waals surface area contributed by atoms with E-state index in [1.807, 2.05) is 0 Å². The number of nitrogens with two attached hydrogens (primary N) is 1. The minimum Gasteiger partial charge on any atom is -0.494 e. The third-order valence-electron chi connectivity index (χ3n) is 3.96. The molecular formula is C16H23N3O3. The van der Waals surface area contributed by atoms with Crippen molar-refractivity contribution >= 4 is 23.2 Å². The van der Waals surface area contributed by atoms with E-state index in [9.17, 15) is 9.59 Å². The van der Waals surface area contributed by atoms with Crippen molar-refractivity contribution in [1.29, 1.82) is 0 Å². The second kappa shape index (κ2) is 7.26. The van der Waals surface area contributed by atoms with Crippen molar-refractivity contribution in [3.05, 3.63) is 18.2 Å². The van der Waals surface area contributed by atoms with Crippen LogP contribution >= 0.6 is 0 Å². The molecule has 0 bridgehead atoms. The second-order valence-electron chi connectivity index (χ2n) is 5.70. The van der Waals surface area contributed by atoms with Crippen molar-refractivity contribution in [3.63, 3.8) is 0 Å². The summed E-state index contributed by atoms with van der Waals surface area (Å²) in [6.45, 7) is 1.43. The van der Waals surface area contributed by atoms with Crippen molar-refractivity contribution in [2.24, 2.45) is 11.7 Å². The molecule has 0 spiro atoms. The molecule has 0 radical (unpaired) electrons. The summed E-state index contributed by atoms with van der Waals surface area (Å²) in [6.07, 6.45) is 3.55. The zero-order chi connectivity index (χ0) is 16.1. The maximum atomic E-state index is 12.1. The summed E-state index contributed by atoms with van der Waals surface area (Å²) in [7, 11) is 1.52. The van der Waals surface area contributed by atoms with Crippen molar-refractivity contribution in [2.45, 2.75) is 38.6 Å². The van der Waals surface area contributed by atoms with Crippen LogP contribution in [0.25, 0.3) is 0 Å². The van der Waals surface area contributed by atoms with E-state index in [1.165, 1.54) is 14.0 Å². The summed E-state index contributed by atoms with van der Waals surface area (Å²) in [5.74, 6) is 0.549. The smallest absolute Gasteiger partial charge is 0.224 e. The van der Waals surface area contributed by atoms with E-state index in [2.05, 4.69) is 10.6 Å². The average Bonchev–Trinajstić information content (AvgIpc) is 2.85. The predicted octanol–water partition coefficient (Wildman–Crippen LogP) is 2.11. The minimum atomic E-state index is -0.176. The van der Waals surface area contributed by atoms with Crippen LogP contribution in [0.4, 0.5) is 11.4 Å². The lowest BCUT2D eigenvalue weighted by Gasteiger charge is -2.15. The number of rotatable bonds is 5. The van der Waals surface area contributed by atoms with E-state index >= 15 is 0 Å². The van der Waals surface area contributed by atoms with Crippen molar-refractivity contribution in [3.8, 4) is 5.75 Å². The third kappa shape index (κ3) is 4.21. The van der Waals surface area contributed by atoms with E-state index in [1.54, 1.807) is 18.2 Å². The van der Waals surface area contributed by atoms with Gasteiger partial charge in [0.1, 0.15) is 5.75 Å². The first kappa shape index (κ1) is 16.3. The number of carbonyl (C=O) groups excluding carboxylic acids is 2. The first-order valence-electron chi connectivity index (χ1n) is 7.50. The first-order chi connectivity index (χ1) is 10.5. The Bertz CT molecular complexity index is 560. The van der Waals surface area contributed by atoms with Gasteiger partial charge in [-0.1, -0.05) is 6.42 Å². The maximum Gasteiger partial charge on any atom is 0.224 e. The van der Waals surface area contributed by atoms with Gasteiger partial charge < -0.3 is 21.1 Å². The van der Waals surface area contributed by atoms with Crippen LogP contribution in [0.5, 0.6) is 5.75 Å². The third-order valence-corrected chi connectivity index (χ3v) is 3.96. The van der Waals surface area contributed by atoms with Crippen molar-refractivity contribution in [1.82, 2.24) is 0 Å². The van der Waals surface area contributed by atoms with Crippen LogP contribution in [0.1, 0.15) is 32.6 Å². The predicted molar refractivity (Wildman–Crippen MR) is 85.9 cm³/mol. The summed E-state index contributed by atoms with van der Waals surface area (Å²) in [6, 6.07) is 5.26. The molecule has 6 heteroatoms. The molecule has 6 nitrogen and oxygen atoms in total. The standard InChI is InChI=1S/C16H23N3O3/c1-10(20)18-14-7-6-12(9-15(14)22-2)19-16(21)8-11-4-3-5-13(11)17/h6-7,9,11,13H,3-5,8,17H2,1-2H3,(H,18,20)(H,19,21)/t11-,13+/m0/s1. The molecule has 2 rings (SSSR count). The summed E-state index contributed by atoms with van der Waals surface area (Å²) in [5, 5.41) is 5.53. The molecular weight excluding hydrogens is 282 g/mol. The van der Waals surface area contributed by atoms with Gasteiger partial charge in [0, 0.05) is 31.1 Å². The fraction of sp³-hybridized carbons (Fsp3) is 0.500. The van der Waals surface area contributed by atoms with Gasteiger partial charge in [-0.25, -0.2) is 0 Å². The Balaban J connectivity index is 2.00. The second-order valence-corrected chi connectivity index (χ2v) is 5.70. The van der Waals surface area contributed by atoms with Crippen molar-refractivity contribution in [2.75, 3.05) is 17.7 Å². The number of hydrogen-bond donors (Lipinski definition) is 3. The van der Waals surface area contributed by atoms with Gasteiger partial charge in [-0.2, -0.15) is 0 Å². The average molecular weight is 305 g/mol. The highest BCUT2D eigenvalue weighted by Crippen LogP contribution is 2.29. The van der Waals surface area contributed by atoms with Crippen LogP contribution in [-0.4, -0.2) is 25.0 Å². The number of ether oxygens (including phenoxy) is 1. The summed E-state index contributed by atoms with van der Waals surface area (Å²) < 4.78 is 5.23. The van der Waals surface area contributed by atoms with E-state index < -0.39 is 0 Å². The van der Waals surface area contributed by atoms with E-state index in [0.717, 1.165) is 19.3 Å². The van der Waals surface area contributed by atoms with E-state index in [4.69, 9.17) is 10.5 Å². The zero-order valence-electron chi connectivity index (χ0n) is 13.0. The number of nitrogens with one attached hydrogen (secondary N) is 2. The largest absolute Gasteiger partial charge is 0.494 e. The van der Waals surface area contributed by atoms with Gasteiger partial charge in [-0.05, 0) is 30.9 Å². The van der Waals surface area contributed by atoms with Crippen LogP contribution in [0.3, 0.4) is 0 Å². The van der Waals surface area contributed by atoms with Gasteiger partial charge in [-0.3, -0.25) is 9.59 Å². The Morgan fingerprint density at radius 1 is 1.32 bits per heavy atom. The lowest BCUT2D eigenvalue weighted by atomic mass is 10.00. The monoisotopic (exact) mass is 305 g/mol. The highest BCUT2D eigenvalue weighted by Gasteiger charge is 2.26. The maximum absolute atomic E-state index is 12.1.